The van der Waals surface area contributed by atoms with Crippen molar-refractivity contribution < 1.29 is 12.8 Å². The zero-order valence-electron chi connectivity index (χ0n) is 19.9. The average Bonchev–Trinajstić information content (AvgIpc) is 2.85. The van der Waals surface area contributed by atoms with Crippen LogP contribution < -0.4 is 9.62 Å². The van der Waals surface area contributed by atoms with Gasteiger partial charge >= 0.3 is 0 Å². The number of hydrogen-bond acceptors (Lipinski definition) is 5. The van der Waals surface area contributed by atoms with Gasteiger partial charge in [0.1, 0.15) is 5.82 Å². The Morgan fingerprint density at radius 3 is 2.32 bits per heavy atom. The van der Waals surface area contributed by atoms with Gasteiger partial charge in [0.25, 0.3) is 0 Å². The lowest BCUT2D eigenvalue weighted by Gasteiger charge is -2.51. The summed E-state index contributed by atoms with van der Waals surface area (Å²) in [5.74, 6) is 1.12. The Morgan fingerprint density at radius 2 is 1.68 bits per heavy atom. The molecule has 6 rings (SSSR count). The highest BCUT2D eigenvalue weighted by molar-refractivity contribution is 7.89. The molecule has 4 atom stereocenters. The first-order valence-electron chi connectivity index (χ1n) is 12.4. The van der Waals surface area contributed by atoms with Crippen LogP contribution in [0.4, 0.5) is 10.1 Å². The van der Waals surface area contributed by atoms with Gasteiger partial charge in [-0.3, -0.25) is 9.80 Å². The number of piperazine rings is 1. The minimum atomic E-state index is -3.47. The number of fused-ring (bicyclic) bond motifs is 3. The fourth-order valence-corrected chi connectivity index (χ4v) is 6.92. The third-order valence-corrected chi connectivity index (χ3v) is 9.35. The fourth-order valence-electron chi connectivity index (χ4n) is 5.85. The molecule has 6 nitrogen and oxygen atoms in total. The van der Waals surface area contributed by atoms with Crippen molar-refractivity contribution in [3.8, 4) is 0 Å². The molecule has 0 aromatic heterocycles. The van der Waals surface area contributed by atoms with Crippen LogP contribution >= 0.6 is 0 Å². The van der Waals surface area contributed by atoms with Crippen LogP contribution in [-0.2, 0) is 10.0 Å². The molecule has 0 aliphatic carbocycles. The summed E-state index contributed by atoms with van der Waals surface area (Å²) in [5.41, 5.74) is 2.15. The summed E-state index contributed by atoms with van der Waals surface area (Å²) in [6.07, 6.45) is 2.28. The molecule has 0 saturated carbocycles. The Bertz CT molecular complexity index is 1070. The van der Waals surface area contributed by atoms with Crippen LogP contribution in [0.25, 0.3) is 0 Å². The molecule has 34 heavy (non-hydrogen) atoms. The first-order valence-corrected chi connectivity index (χ1v) is 13.9. The summed E-state index contributed by atoms with van der Waals surface area (Å²) >= 11 is 0. The standard InChI is InChI=1S/C26H35FN4O2S/c1-20-2-8-26(9-3-20)34(32,33)28-17-25-16-21-10-11-31(25)19-22(21)18-29-12-14-30(15-13-29)24-6-4-23(27)5-7-24/h2-9,21-22,25,28H,10-19H2,1H3/t21-,22+,25-/m1/s1. The van der Waals surface area contributed by atoms with Crippen molar-refractivity contribution in [2.75, 3.05) is 57.3 Å². The maximum Gasteiger partial charge on any atom is 0.240 e. The van der Waals surface area contributed by atoms with Gasteiger partial charge < -0.3 is 4.90 Å². The van der Waals surface area contributed by atoms with Crippen LogP contribution in [0.1, 0.15) is 18.4 Å². The normalized spacial score (nSPS) is 27.8. The lowest BCUT2D eigenvalue weighted by atomic mass is 9.75. The fraction of sp³-hybridized carbons (Fsp3) is 0.538. The Balaban J connectivity index is 1.10. The molecule has 1 N–H and O–H groups in total. The van der Waals surface area contributed by atoms with E-state index in [2.05, 4.69) is 19.4 Å². The minimum Gasteiger partial charge on any atom is -0.369 e. The molecule has 2 aromatic carbocycles. The van der Waals surface area contributed by atoms with Crippen molar-refractivity contribution in [1.29, 1.82) is 0 Å². The first kappa shape index (κ1) is 23.7. The quantitative estimate of drug-likeness (QED) is 0.652. The second-order valence-corrected chi connectivity index (χ2v) is 11.9. The molecule has 4 heterocycles. The SMILES string of the molecule is Cc1ccc(S(=O)(=O)NC[C@H]2C[C@H]3CCN2C[C@@H]3CN2CCN(c3ccc(F)cc3)CC2)cc1. The van der Waals surface area contributed by atoms with Crippen molar-refractivity contribution in [2.45, 2.75) is 30.7 Å². The number of rotatable bonds is 7. The lowest BCUT2D eigenvalue weighted by Crippen LogP contribution is -2.59. The topological polar surface area (TPSA) is 55.9 Å². The van der Waals surface area contributed by atoms with E-state index >= 15 is 0 Å². The largest absolute Gasteiger partial charge is 0.369 e. The van der Waals surface area contributed by atoms with E-state index < -0.39 is 10.0 Å². The zero-order chi connectivity index (χ0) is 23.7. The van der Waals surface area contributed by atoms with Crippen molar-refractivity contribution in [1.82, 2.24) is 14.5 Å². The third kappa shape index (κ3) is 5.30. The Kier molecular flexibility index (Phi) is 6.93. The van der Waals surface area contributed by atoms with E-state index in [1.807, 2.05) is 31.2 Å². The van der Waals surface area contributed by atoms with E-state index in [0.29, 0.717) is 23.3 Å². The van der Waals surface area contributed by atoms with Crippen LogP contribution in [0.5, 0.6) is 0 Å². The number of nitrogens with zero attached hydrogens (tertiary/aromatic N) is 3. The van der Waals surface area contributed by atoms with Crippen LogP contribution in [0, 0.1) is 24.6 Å². The summed E-state index contributed by atoms with van der Waals surface area (Å²) in [6.45, 7) is 9.66. The average molecular weight is 487 g/mol. The van der Waals surface area contributed by atoms with Gasteiger partial charge in [0.05, 0.1) is 4.90 Å². The maximum absolute atomic E-state index is 13.2. The predicted molar refractivity (Wildman–Crippen MR) is 133 cm³/mol. The van der Waals surface area contributed by atoms with Crippen molar-refractivity contribution in [3.05, 3.63) is 59.9 Å². The number of piperidine rings is 3. The zero-order valence-corrected chi connectivity index (χ0v) is 20.7. The number of hydrogen-bond donors (Lipinski definition) is 1. The van der Waals surface area contributed by atoms with E-state index in [9.17, 15) is 12.8 Å². The summed E-state index contributed by atoms with van der Waals surface area (Å²) in [5, 5.41) is 0. The molecule has 184 valence electrons. The number of sulfonamides is 1. The maximum atomic E-state index is 13.2. The van der Waals surface area contributed by atoms with E-state index in [4.69, 9.17) is 0 Å². The van der Waals surface area contributed by atoms with Crippen molar-refractivity contribution in [3.63, 3.8) is 0 Å². The lowest BCUT2D eigenvalue weighted by molar-refractivity contribution is -0.0107. The Morgan fingerprint density at radius 1 is 0.971 bits per heavy atom. The van der Waals surface area contributed by atoms with Gasteiger partial charge in [-0.2, -0.15) is 0 Å². The molecule has 0 spiro atoms. The number of aryl methyl sites for hydroxylation is 1. The molecule has 2 aromatic rings. The summed E-state index contributed by atoms with van der Waals surface area (Å²) in [4.78, 5) is 7.74. The summed E-state index contributed by atoms with van der Waals surface area (Å²) in [6, 6.07) is 14.1. The van der Waals surface area contributed by atoms with Gasteiger partial charge in [-0.1, -0.05) is 17.7 Å². The predicted octanol–water partition coefficient (Wildman–Crippen LogP) is 2.95. The van der Waals surface area contributed by atoms with Gasteiger partial charge in [0.2, 0.25) is 10.0 Å². The number of anilines is 1. The minimum absolute atomic E-state index is 0.189. The highest BCUT2D eigenvalue weighted by Crippen LogP contribution is 2.37. The number of benzene rings is 2. The highest BCUT2D eigenvalue weighted by Gasteiger charge is 2.41. The van der Waals surface area contributed by atoms with Crippen LogP contribution in [-0.4, -0.2) is 76.6 Å². The molecule has 2 bridgehead atoms. The number of halogens is 1. The van der Waals surface area contributed by atoms with Gasteiger partial charge in [-0.15, -0.1) is 0 Å². The molecular weight excluding hydrogens is 451 g/mol. The van der Waals surface area contributed by atoms with E-state index in [1.54, 1.807) is 12.1 Å². The molecule has 0 amide bonds. The van der Waals surface area contributed by atoms with Gasteiger partial charge in [0.15, 0.2) is 0 Å². The van der Waals surface area contributed by atoms with Gasteiger partial charge in [-0.25, -0.2) is 17.5 Å². The van der Waals surface area contributed by atoms with E-state index in [1.165, 1.54) is 18.6 Å². The van der Waals surface area contributed by atoms with Crippen molar-refractivity contribution >= 4 is 15.7 Å². The molecule has 8 heteroatoms. The van der Waals surface area contributed by atoms with Crippen LogP contribution in [0.15, 0.2) is 53.4 Å². The second kappa shape index (κ2) is 9.93. The monoisotopic (exact) mass is 486 g/mol. The Labute approximate surface area is 202 Å². The summed E-state index contributed by atoms with van der Waals surface area (Å²) < 4.78 is 41.5. The molecule has 1 unspecified atom stereocenters. The van der Waals surface area contributed by atoms with E-state index in [0.717, 1.165) is 63.5 Å². The summed E-state index contributed by atoms with van der Waals surface area (Å²) in [7, 11) is -3.47. The molecule has 4 fully saturated rings. The first-order chi connectivity index (χ1) is 16.4. The molecule has 4 saturated heterocycles. The molecule has 0 radical (unpaired) electrons. The number of nitrogens with one attached hydrogen (secondary N) is 1. The smallest absolute Gasteiger partial charge is 0.240 e. The van der Waals surface area contributed by atoms with Gasteiger partial charge in [-0.05, 0) is 74.5 Å². The van der Waals surface area contributed by atoms with Crippen LogP contribution in [0.2, 0.25) is 0 Å². The van der Waals surface area contributed by atoms with Crippen molar-refractivity contribution in [2.24, 2.45) is 11.8 Å². The highest BCUT2D eigenvalue weighted by atomic mass is 32.2. The Hall–Kier alpha value is -2.00. The molecular formula is C26H35FN4O2S. The van der Waals surface area contributed by atoms with Gasteiger partial charge in [0, 0.05) is 57.5 Å². The third-order valence-electron chi connectivity index (χ3n) is 7.91. The molecule has 4 aliphatic heterocycles. The van der Waals surface area contributed by atoms with E-state index in [-0.39, 0.29) is 11.9 Å². The molecule has 4 aliphatic rings. The second-order valence-electron chi connectivity index (χ2n) is 10.1. The van der Waals surface area contributed by atoms with Crippen LogP contribution in [0.3, 0.4) is 0 Å².